The molecule has 0 fully saturated rings. The topological polar surface area (TPSA) is 62.5 Å². The minimum atomic E-state index is -0.955. The first-order valence-corrected chi connectivity index (χ1v) is 6.60. The van der Waals surface area contributed by atoms with E-state index in [9.17, 15) is 4.79 Å². The van der Waals surface area contributed by atoms with E-state index in [1.165, 1.54) is 11.1 Å². The van der Waals surface area contributed by atoms with E-state index in [2.05, 4.69) is 43.4 Å². The molecule has 0 saturated carbocycles. The van der Waals surface area contributed by atoms with Crippen molar-refractivity contribution in [1.29, 1.82) is 0 Å². The molecule has 0 bridgehead atoms. The molecule has 4 nitrogen and oxygen atoms in total. The van der Waals surface area contributed by atoms with E-state index in [1.807, 2.05) is 0 Å². The van der Waals surface area contributed by atoms with Crippen molar-refractivity contribution in [2.75, 3.05) is 0 Å². The van der Waals surface area contributed by atoms with Crippen LogP contribution in [0.25, 0.3) is 0 Å². The lowest BCUT2D eigenvalue weighted by Crippen LogP contribution is -2.17. The second kappa shape index (κ2) is 5.92. The average molecular weight is 273 g/mol. The molecule has 0 aliphatic rings. The number of nitrogens with one attached hydrogen (secondary N) is 1. The van der Waals surface area contributed by atoms with Gasteiger partial charge < -0.3 is 14.8 Å². The Kier molecular flexibility index (Phi) is 4.25. The maximum absolute atomic E-state index is 10.9. The molecule has 2 rings (SSSR count). The predicted molar refractivity (Wildman–Crippen MR) is 76.8 cm³/mol. The number of furan rings is 1. The van der Waals surface area contributed by atoms with Crippen LogP contribution in [0.15, 0.2) is 34.7 Å². The molecule has 1 aromatic carbocycles. The summed E-state index contributed by atoms with van der Waals surface area (Å²) in [5, 5.41) is 12.3. The van der Waals surface area contributed by atoms with Crippen LogP contribution in [-0.2, 0) is 6.54 Å². The van der Waals surface area contributed by atoms with Crippen LogP contribution in [0.1, 0.15) is 46.0 Å². The van der Waals surface area contributed by atoms with E-state index in [1.54, 1.807) is 13.0 Å². The Morgan fingerprint density at radius 3 is 2.50 bits per heavy atom. The molecule has 0 radical (unpaired) electrons. The molecule has 4 heteroatoms. The summed E-state index contributed by atoms with van der Waals surface area (Å²) < 4.78 is 5.44. The van der Waals surface area contributed by atoms with Gasteiger partial charge >= 0.3 is 5.97 Å². The van der Waals surface area contributed by atoms with Gasteiger partial charge in [-0.15, -0.1) is 0 Å². The van der Waals surface area contributed by atoms with Crippen molar-refractivity contribution in [1.82, 2.24) is 5.32 Å². The zero-order chi connectivity index (χ0) is 14.7. The van der Waals surface area contributed by atoms with Gasteiger partial charge in [0.2, 0.25) is 0 Å². The van der Waals surface area contributed by atoms with Gasteiger partial charge in [-0.2, -0.15) is 0 Å². The second-order valence-corrected chi connectivity index (χ2v) is 5.00. The summed E-state index contributed by atoms with van der Waals surface area (Å²) in [5.41, 5.74) is 2.65. The van der Waals surface area contributed by atoms with E-state index in [0.29, 0.717) is 18.1 Å². The number of carboxylic acids is 1. The first-order chi connectivity index (χ1) is 9.47. The van der Waals surface area contributed by atoms with Crippen molar-refractivity contribution in [2.24, 2.45) is 0 Å². The summed E-state index contributed by atoms with van der Waals surface area (Å²) in [4.78, 5) is 10.9. The van der Waals surface area contributed by atoms with Crippen LogP contribution in [0.3, 0.4) is 0 Å². The maximum atomic E-state index is 10.9. The lowest BCUT2D eigenvalue weighted by atomic mass is 10.1. The second-order valence-electron chi connectivity index (χ2n) is 5.00. The molecule has 1 heterocycles. The molecule has 0 aliphatic heterocycles. The van der Waals surface area contributed by atoms with Crippen LogP contribution >= 0.6 is 0 Å². The van der Waals surface area contributed by atoms with Gasteiger partial charge in [0.1, 0.15) is 17.1 Å². The molecule has 2 N–H and O–H groups in total. The quantitative estimate of drug-likeness (QED) is 0.876. The molecule has 0 aliphatic carbocycles. The van der Waals surface area contributed by atoms with Crippen LogP contribution < -0.4 is 5.32 Å². The summed E-state index contributed by atoms with van der Waals surface area (Å²) in [5.74, 6) is 0.125. The van der Waals surface area contributed by atoms with E-state index in [0.717, 1.165) is 0 Å². The Labute approximate surface area is 118 Å². The van der Waals surface area contributed by atoms with E-state index >= 15 is 0 Å². The summed E-state index contributed by atoms with van der Waals surface area (Å²) >= 11 is 0. The Morgan fingerprint density at radius 1 is 1.30 bits per heavy atom. The highest BCUT2D eigenvalue weighted by atomic mass is 16.4. The van der Waals surface area contributed by atoms with Gasteiger partial charge in [0, 0.05) is 6.04 Å². The fourth-order valence-electron chi connectivity index (χ4n) is 2.07. The van der Waals surface area contributed by atoms with Crippen LogP contribution in [0, 0.1) is 13.8 Å². The SMILES string of the molecule is Cc1ccc([C@@H](C)NCc2cc(C(=O)O)c(C)o2)cc1. The molecule has 1 atom stereocenters. The number of rotatable bonds is 5. The highest BCUT2D eigenvalue weighted by Crippen LogP contribution is 2.17. The number of hydrogen-bond acceptors (Lipinski definition) is 3. The summed E-state index contributed by atoms with van der Waals surface area (Å²) in [6.45, 7) is 6.29. The normalized spacial score (nSPS) is 12.3. The third kappa shape index (κ3) is 3.27. The number of benzene rings is 1. The van der Waals surface area contributed by atoms with Crippen molar-refractivity contribution in [3.05, 3.63) is 58.5 Å². The fraction of sp³-hybridized carbons (Fsp3) is 0.312. The first kappa shape index (κ1) is 14.3. The maximum Gasteiger partial charge on any atom is 0.339 e. The number of carbonyl (C=O) groups is 1. The van der Waals surface area contributed by atoms with E-state index in [4.69, 9.17) is 9.52 Å². The molecule has 2 aromatic rings. The van der Waals surface area contributed by atoms with Crippen molar-refractivity contribution >= 4 is 5.97 Å². The van der Waals surface area contributed by atoms with Crippen LogP contribution in [0.4, 0.5) is 0 Å². The summed E-state index contributed by atoms with van der Waals surface area (Å²) in [7, 11) is 0. The molecular weight excluding hydrogens is 254 g/mol. The zero-order valence-corrected chi connectivity index (χ0v) is 11.9. The largest absolute Gasteiger partial charge is 0.478 e. The molecule has 0 unspecified atom stereocenters. The summed E-state index contributed by atoms with van der Waals surface area (Å²) in [6, 6.07) is 10.1. The number of hydrogen-bond donors (Lipinski definition) is 2. The summed E-state index contributed by atoms with van der Waals surface area (Å²) in [6.07, 6.45) is 0. The van der Waals surface area contributed by atoms with Gasteiger partial charge in [-0.1, -0.05) is 29.8 Å². The standard InChI is InChI=1S/C16H19NO3/c1-10-4-6-13(7-5-10)11(2)17-9-14-8-15(16(18)19)12(3)20-14/h4-8,11,17H,9H2,1-3H3,(H,18,19)/t11-/m1/s1. The van der Waals surface area contributed by atoms with Crippen molar-refractivity contribution in [3.63, 3.8) is 0 Å². The highest BCUT2D eigenvalue weighted by Gasteiger charge is 2.14. The van der Waals surface area contributed by atoms with Crippen molar-refractivity contribution in [2.45, 2.75) is 33.4 Å². The van der Waals surface area contributed by atoms with Gasteiger partial charge in [-0.3, -0.25) is 0 Å². The zero-order valence-electron chi connectivity index (χ0n) is 11.9. The first-order valence-electron chi connectivity index (χ1n) is 6.60. The minimum absolute atomic E-state index is 0.175. The molecular formula is C16H19NO3. The lowest BCUT2D eigenvalue weighted by molar-refractivity contribution is 0.0695. The third-order valence-electron chi connectivity index (χ3n) is 3.36. The van der Waals surface area contributed by atoms with Gasteiger partial charge in [0.25, 0.3) is 0 Å². The number of aromatic carboxylic acids is 1. The molecule has 0 spiro atoms. The Balaban J connectivity index is 1.99. The third-order valence-corrected chi connectivity index (χ3v) is 3.36. The van der Waals surface area contributed by atoms with Crippen LogP contribution in [0.2, 0.25) is 0 Å². The predicted octanol–water partition coefficient (Wildman–Crippen LogP) is 3.45. The molecule has 20 heavy (non-hydrogen) atoms. The average Bonchev–Trinajstić information content (AvgIpc) is 2.78. The van der Waals surface area contributed by atoms with Gasteiger partial charge in [0.15, 0.2) is 0 Å². The number of carboxylic acid groups (broad SMARTS) is 1. The Hall–Kier alpha value is -2.07. The van der Waals surface area contributed by atoms with Gasteiger partial charge in [-0.25, -0.2) is 4.79 Å². The fourth-order valence-corrected chi connectivity index (χ4v) is 2.07. The molecule has 0 amide bonds. The van der Waals surface area contributed by atoms with E-state index in [-0.39, 0.29) is 11.6 Å². The molecule has 106 valence electrons. The van der Waals surface area contributed by atoms with Gasteiger partial charge in [0.05, 0.1) is 6.54 Å². The van der Waals surface area contributed by atoms with Gasteiger partial charge in [-0.05, 0) is 32.4 Å². The van der Waals surface area contributed by atoms with E-state index < -0.39 is 5.97 Å². The lowest BCUT2D eigenvalue weighted by Gasteiger charge is -2.13. The van der Waals surface area contributed by atoms with Crippen LogP contribution in [0.5, 0.6) is 0 Å². The van der Waals surface area contributed by atoms with Crippen LogP contribution in [-0.4, -0.2) is 11.1 Å². The smallest absolute Gasteiger partial charge is 0.339 e. The van der Waals surface area contributed by atoms with Crippen molar-refractivity contribution < 1.29 is 14.3 Å². The Morgan fingerprint density at radius 2 is 1.95 bits per heavy atom. The molecule has 0 saturated heterocycles. The number of aryl methyl sites for hydroxylation is 2. The highest BCUT2D eigenvalue weighted by molar-refractivity contribution is 5.88. The Bertz CT molecular complexity index is 599. The molecule has 1 aromatic heterocycles. The minimum Gasteiger partial charge on any atom is -0.478 e. The van der Waals surface area contributed by atoms with Crippen molar-refractivity contribution in [3.8, 4) is 0 Å². The monoisotopic (exact) mass is 273 g/mol.